The smallest absolute Gasteiger partial charge is 0.227 e. The number of methoxy groups -OCH3 is 1. The van der Waals surface area contributed by atoms with Crippen molar-refractivity contribution in [1.82, 2.24) is 24.6 Å². The molecule has 26 heavy (non-hydrogen) atoms. The molecule has 2 saturated heterocycles. The van der Waals surface area contributed by atoms with Crippen LogP contribution in [-0.2, 0) is 20.9 Å². The molecule has 1 spiro atoms. The Morgan fingerprint density at radius 1 is 1.38 bits per heavy atom. The number of likely N-dealkylation sites (tertiary alicyclic amines) is 2. The molecule has 2 amide bonds. The Labute approximate surface area is 154 Å². The molecule has 0 aliphatic carbocycles. The molecule has 144 valence electrons. The first-order valence-corrected chi connectivity index (χ1v) is 9.41. The molecule has 1 unspecified atom stereocenters. The third kappa shape index (κ3) is 4.23. The van der Waals surface area contributed by atoms with Gasteiger partial charge in [0.2, 0.25) is 11.8 Å². The highest BCUT2D eigenvalue weighted by Crippen LogP contribution is 2.41. The van der Waals surface area contributed by atoms with E-state index in [0.717, 1.165) is 45.4 Å². The van der Waals surface area contributed by atoms with Crippen LogP contribution in [0.25, 0.3) is 0 Å². The van der Waals surface area contributed by atoms with Gasteiger partial charge in [-0.2, -0.15) is 5.10 Å². The average Bonchev–Trinajstić information content (AvgIpc) is 3.24. The quantitative estimate of drug-likeness (QED) is 0.669. The molecule has 2 fully saturated rings. The lowest BCUT2D eigenvalue weighted by Gasteiger charge is -2.39. The number of carbonyl (C=O) groups excluding carboxylic acids is 2. The van der Waals surface area contributed by atoms with Gasteiger partial charge in [0.25, 0.3) is 0 Å². The highest BCUT2D eigenvalue weighted by Gasteiger charge is 2.45. The Balaban J connectivity index is 1.49. The number of carbonyl (C=O) groups is 2. The van der Waals surface area contributed by atoms with Crippen LogP contribution in [0.4, 0.5) is 0 Å². The van der Waals surface area contributed by atoms with Gasteiger partial charge in [0, 0.05) is 51.7 Å². The van der Waals surface area contributed by atoms with Gasteiger partial charge in [-0.1, -0.05) is 6.92 Å². The summed E-state index contributed by atoms with van der Waals surface area (Å²) < 4.78 is 6.78. The molecule has 3 heterocycles. The molecule has 1 atom stereocenters. The second-order valence-corrected chi connectivity index (χ2v) is 7.68. The number of hydrogen-bond acceptors (Lipinski definition) is 5. The first-order valence-electron chi connectivity index (χ1n) is 9.41. The van der Waals surface area contributed by atoms with Gasteiger partial charge in [0.05, 0.1) is 12.5 Å². The van der Waals surface area contributed by atoms with E-state index in [0.29, 0.717) is 19.6 Å². The zero-order chi connectivity index (χ0) is 18.6. The summed E-state index contributed by atoms with van der Waals surface area (Å²) in [6.45, 7) is 6.23. The molecule has 1 aromatic heterocycles. The lowest BCUT2D eigenvalue weighted by atomic mass is 9.77. The molecule has 0 N–H and O–H groups in total. The van der Waals surface area contributed by atoms with Crippen LogP contribution in [0, 0.1) is 11.3 Å². The normalized spacial score (nSPS) is 20.8. The molecule has 0 aromatic carbocycles. The lowest BCUT2D eigenvalue weighted by molar-refractivity contribution is -0.137. The largest absolute Gasteiger partial charge is 0.385 e. The lowest BCUT2D eigenvalue weighted by Crippen LogP contribution is -2.46. The van der Waals surface area contributed by atoms with E-state index in [4.69, 9.17) is 4.74 Å². The minimum absolute atomic E-state index is 0.0517. The van der Waals surface area contributed by atoms with Crippen molar-refractivity contribution in [3.63, 3.8) is 0 Å². The SMILES string of the molecule is COCCCN1CC2(CCN(C(=O)C(C)Cn3cncn3)CC2)CC1=O. The Morgan fingerprint density at radius 2 is 2.15 bits per heavy atom. The van der Waals surface area contributed by atoms with Crippen LogP contribution in [-0.4, -0.2) is 76.3 Å². The summed E-state index contributed by atoms with van der Waals surface area (Å²) in [7, 11) is 1.68. The van der Waals surface area contributed by atoms with Gasteiger partial charge >= 0.3 is 0 Å². The number of amides is 2. The molecule has 0 radical (unpaired) electrons. The topological polar surface area (TPSA) is 80.6 Å². The fourth-order valence-corrected chi connectivity index (χ4v) is 4.12. The Bertz CT molecular complexity index is 610. The first-order chi connectivity index (χ1) is 12.5. The molecule has 2 aliphatic heterocycles. The van der Waals surface area contributed by atoms with Crippen LogP contribution in [0.15, 0.2) is 12.7 Å². The number of aromatic nitrogens is 3. The summed E-state index contributed by atoms with van der Waals surface area (Å²) in [6, 6.07) is 0. The summed E-state index contributed by atoms with van der Waals surface area (Å²) in [5.74, 6) is 0.290. The number of rotatable bonds is 7. The maximum atomic E-state index is 12.7. The van der Waals surface area contributed by atoms with E-state index in [1.165, 1.54) is 6.33 Å². The van der Waals surface area contributed by atoms with Gasteiger partial charge < -0.3 is 14.5 Å². The van der Waals surface area contributed by atoms with Crippen molar-refractivity contribution >= 4 is 11.8 Å². The van der Waals surface area contributed by atoms with E-state index in [1.807, 2.05) is 16.7 Å². The third-order valence-corrected chi connectivity index (χ3v) is 5.67. The van der Waals surface area contributed by atoms with Crippen LogP contribution in [0.3, 0.4) is 0 Å². The maximum absolute atomic E-state index is 12.7. The Morgan fingerprint density at radius 3 is 2.81 bits per heavy atom. The van der Waals surface area contributed by atoms with E-state index in [2.05, 4.69) is 10.1 Å². The number of nitrogens with zero attached hydrogens (tertiary/aromatic N) is 5. The molecular weight excluding hydrogens is 334 g/mol. The highest BCUT2D eigenvalue weighted by atomic mass is 16.5. The number of piperidine rings is 1. The molecule has 0 bridgehead atoms. The summed E-state index contributed by atoms with van der Waals surface area (Å²) in [6.07, 6.45) is 6.43. The van der Waals surface area contributed by atoms with Gasteiger partial charge in [0.15, 0.2) is 0 Å². The summed E-state index contributed by atoms with van der Waals surface area (Å²) in [4.78, 5) is 32.9. The molecule has 8 heteroatoms. The Hall–Kier alpha value is -1.96. The van der Waals surface area contributed by atoms with Gasteiger partial charge in [0.1, 0.15) is 12.7 Å². The summed E-state index contributed by atoms with van der Waals surface area (Å²) >= 11 is 0. The van der Waals surface area contributed by atoms with Crippen LogP contribution >= 0.6 is 0 Å². The van der Waals surface area contributed by atoms with E-state index in [-0.39, 0.29) is 23.1 Å². The van der Waals surface area contributed by atoms with E-state index >= 15 is 0 Å². The second-order valence-electron chi connectivity index (χ2n) is 7.68. The molecule has 1 aromatic rings. The predicted octanol–water partition coefficient (Wildman–Crippen LogP) is 0.792. The van der Waals surface area contributed by atoms with Gasteiger partial charge in [-0.3, -0.25) is 14.3 Å². The average molecular weight is 363 g/mol. The van der Waals surface area contributed by atoms with Crippen LogP contribution < -0.4 is 0 Å². The minimum Gasteiger partial charge on any atom is -0.385 e. The van der Waals surface area contributed by atoms with Crippen molar-refractivity contribution in [2.24, 2.45) is 11.3 Å². The summed E-state index contributed by atoms with van der Waals surface area (Å²) in [5, 5.41) is 4.07. The molecule has 0 saturated carbocycles. The van der Waals surface area contributed by atoms with Crippen molar-refractivity contribution in [2.45, 2.75) is 39.2 Å². The van der Waals surface area contributed by atoms with Crippen molar-refractivity contribution in [2.75, 3.05) is 39.9 Å². The van der Waals surface area contributed by atoms with Crippen molar-refractivity contribution in [3.8, 4) is 0 Å². The maximum Gasteiger partial charge on any atom is 0.227 e. The van der Waals surface area contributed by atoms with Crippen LogP contribution in [0.5, 0.6) is 0 Å². The van der Waals surface area contributed by atoms with E-state index < -0.39 is 0 Å². The second kappa shape index (κ2) is 8.16. The first kappa shape index (κ1) is 18.8. The van der Waals surface area contributed by atoms with E-state index in [9.17, 15) is 9.59 Å². The predicted molar refractivity (Wildman–Crippen MR) is 95.1 cm³/mol. The van der Waals surface area contributed by atoms with Gasteiger partial charge in [-0.05, 0) is 19.3 Å². The Kier molecular flexibility index (Phi) is 5.90. The van der Waals surface area contributed by atoms with Crippen LogP contribution in [0.1, 0.15) is 32.6 Å². The molecule has 3 rings (SSSR count). The van der Waals surface area contributed by atoms with Crippen molar-refractivity contribution in [3.05, 3.63) is 12.7 Å². The highest BCUT2D eigenvalue weighted by molar-refractivity contribution is 5.80. The standard InChI is InChI=1S/C18H29N5O3/c1-15(11-23-14-19-13-20-23)17(25)21-7-4-18(5-8-21)10-16(24)22(12-18)6-3-9-26-2/h13-15H,3-12H2,1-2H3. The molecule has 2 aliphatic rings. The molecule has 8 nitrogen and oxygen atoms in total. The van der Waals surface area contributed by atoms with Gasteiger partial charge in [-0.25, -0.2) is 4.98 Å². The fraction of sp³-hybridized carbons (Fsp3) is 0.778. The summed E-state index contributed by atoms with van der Waals surface area (Å²) in [5.41, 5.74) is 0.0517. The zero-order valence-corrected chi connectivity index (χ0v) is 15.8. The monoisotopic (exact) mass is 363 g/mol. The van der Waals surface area contributed by atoms with Crippen molar-refractivity contribution < 1.29 is 14.3 Å². The van der Waals surface area contributed by atoms with Gasteiger partial charge in [-0.15, -0.1) is 0 Å². The zero-order valence-electron chi connectivity index (χ0n) is 15.8. The van der Waals surface area contributed by atoms with Crippen molar-refractivity contribution in [1.29, 1.82) is 0 Å². The number of ether oxygens (including phenoxy) is 1. The minimum atomic E-state index is -0.124. The molecular formula is C18H29N5O3. The van der Waals surface area contributed by atoms with Crippen LogP contribution in [0.2, 0.25) is 0 Å². The third-order valence-electron chi connectivity index (χ3n) is 5.67. The number of hydrogen-bond donors (Lipinski definition) is 0. The van der Waals surface area contributed by atoms with E-state index in [1.54, 1.807) is 18.1 Å². The fourth-order valence-electron chi connectivity index (χ4n) is 4.12.